The SMILES string of the molecule is CC(C)[C@@H]1NC(=O)[C@H](CCCCN)NC(=O)[C@@H](Cc2c[nH]c3ccccc23)NC(=O)[C@H](Cc2ccc(O)c(I)c2)NC(=O)[C@@H](NC(=O)[C@H](N)Cc2ccc(N)c(I)c2)CSSC[C@@H](C(=O)N[C@@H](CC(=O)O)C(N)=O)NC1=O. The molecule has 1 aromatic heterocycles. The molecular formula is C50H64I2N12O11S2. The Hall–Kier alpha value is -5.89. The number of halogens is 2. The summed E-state index contributed by atoms with van der Waals surface area (Å²) in [5.41, 5.74) is 26.7. The van der Waals surface area contributed by atoms with Gasteiger partial charge in [0.1, 0.15) is 48.0 Å². The molecule has 8 atom stereocenters. The molecule has 5 rings (SSSR count). The molecule has 1 aliphatic heterocycles. The third kappa shape index (κ3) is 18.6. The first-order valence-corrected chi connectivity index (χ1v) is 29.1. The molecule has 0 radical (unpaired) electrons. The summed E-state index contributed by atoms with van der Waals surface area (Å²) >= 11 is 3.96. The van der Waals surface area contributed by atoms with Gasteiger partial charge in [0, 0.05) is 50.7 Å². The highest BCUT2D eigenvalue weighted by Gasteiger charge is 2.36. The Morgan fingerprint density at radius 3 is 2.08 bits per heavy atom. The molecule has 0 bridgehead atoms. The number of benzene rings is 3. The molecule has 0 aliphatic carbocycles. The average Bonchev–Trinajstić information content (AvgIpc) is 3.79. The van der Waals surface area contributed by atoms with Crippen LogP contribution < -0.4 is 60.2 Å². The van der Waals surface area contributed by atoms with Gasteiger partial charge in [0.25, 0.3) is 0 Å². The molecule has 8 amide bonds. The van der Waals surface area contributed by atoms with Crippen LogP contribution in [0, 0.1) is 13.1 Å². The summed E-state index contributed by atoms with van der Waals surface area (Å²) in [4.78, 5) is 128. The fourth-order valence-corrected chi connectivity index (χ4v) is 11.6. The number of nitrogens with one attached hydrogen (secondary N) is 8. The van der Waals surface area contributed by atoms with E-state index >= 15 is 0 Å². The smallest absolute Gasteiger partial charge is 0.305 e. The molecule has 1 aliphatic rings. The topological polar surface area (TPSA) is 398 Å². The van der Waals surface area contributed by atoms with Crippen molar-refractivity contribution in [2.75, 3.05) is 23.8 Å². The van der Waals surface area contributed by atoms with Gasteiger partial charge in [-0.3, -0.25) is 43.2 Å². The summed E-state index contributed by atoms with van der Waals surface area (Å²) in [7, 11) is 1.92. The number of aliphatic carboxylic acids is 1. The zero-order valence-corrected chi connectivity index (χ0v) is 48.0. The molecule has 77 heavy (non-hydrogen) atoms. The Kier molecular flexibility index (Phi) is 23.9. The summed E-state index contributed by atoms with van der Waals surface area (Å²) in [6, 6.07) is 5.70. The van der Waals surface area contributed by atoms with Crippen LogP contribution in [0.1, 0.15) is 56.2 Å². The van der Waals surface area contributed by atoms with Gasteiger partial charge in [0.15, 0.2) is 0 Å². The molecule has 18 N–H and O–H groups in total. The normalized spacial score (nSPS) is 21.1. The lowest BCUT2D eigenvalue weighted by Crippen LogP contribution is -2.61. The van der Waals surface area contributed by atoms with Crippen molar-refractivity contribution < 1.29 is 53.4 Å². The molecule has 0 saturated carbocycles. The van der Waals surface area contributed by atoms with Crippen molar-refractivity contribution in [3.8, 4) is 5.75 Å². The predicted octanol–water partition coefficient (Wildman–Crippen LogP) is 0.554. The molecule has 23 nitrogen and oxygen atoms in total. The van der Waals surface area contributed by atoms with Crippen LogP contribution in [-0.2, 0) is 62.4 Å². The second-order valence-corrected chi connectivity index (χ2v) is 23.5. The van der Waals surface area contributed by atoms with Gasteiger partial charge in [-0.1, -0.05) is 65.8 Å². The number of amides is 8. The molecule has 0 spiro atoms. The number of carboxylic acids is 1. The predicted molar refractivity (Wildman–Crippen MR) is 309 cm³/mol. The van der Waals surface area contributed by atoms with Crippen molar-refractivity contribution in [3.05, 3.63) is 90.7 Å². The van der Waals surface area contributed by atoms with Gasteiger partial charge in [-0.25, -0.2) is 0 Å². The second-order valence-electron chi connectivity index (χ2n) is 18.7. The number of nitrogens with two attached hydrogens (primary N) is 4. The van der Waals surface area contributed by atoms with Gasteiger partial charge in [0.05, 0.1) is 16.0 Å². The minimum absolute atomic E-state index is 0.0335. The molecule has 1 saturated heterocycles. The van der Waals surface area contributed by atoms with Gasteiger partial charge < -0.3 is 75.3 Å². The number of rotatable bonds is 18. The number of unbranched alkanes of at least 4 members (excludes halogenated alkanes) is 1. The molecule has 0 unspecified atom stereocenters. The van der Waals surface area contributed by atoms with E-state index in [9.17, 15) is 53.4 Å². The van der Waals surface area contributed by atoms with Crippen LogP contribution in [0.2, 0.25) is 0 Å². The van der Waals surface area contributed by atoms with Gasteiger partial charge in [0.2, 0.25) is 47.3 Å². The number of para-hydroxylation sites is 1. The number of aromatic nitrogens is 1. The maximum absolute atomic E-state index is 14.9. The van der Waals surface area contributed by atoms with E-state index in [1.165, 1.54) is 6.07 Å². The number of phenolic OH excluding ortho intramolecular Hbond substituents is 1. The monoisotopic (exact) mass is 1330 g/mol. The van der Waals surface area contributed by atoms with E-state index in [4.69, 9.17) is 22.9 Å². The first kappa shape index (κ1) is 62.0. The fraction of sp³-hybridized carbons (Fsp3) is 0.420. The maximum atomic E-state index is 14.9. The largest absolute Gasteiger partial charge is 0.507 e. The lowest BCUT2D eigenvalue weighted by molar-refractivity contribution is -0.140. The van der Waals surface area contributed by atoms with Crippen LogP contribution in [0.4, 0.5) is 5.69 Å². The first-order chi connectivity index (χ1) is 36.5. The molecule has 416 valence electrons. The number of carbonyl (C=O) groups excluding carboxylic acids is 8. The van der Waals surface area contributed by atoms with Crippen LogP contribution in [0.5, 0.6) is 5.75 Å². The van der Waals surface area contributed by atoms with Crippen LogP contribution in [-0.4, -0.2) is 135 Å². The van der Waals surface area contributed by atoms with Crippen molar-refractivity contribution in [3.63, 3.8) is 0 Å². The highest BCUT2D eigenvalue weighted by atomic mass is 127. The zero-order chi connectivity index (χ0) is 56.5. The Balaban J connectivity index is 1.60. The minimum Gasteiger partial charge on any atom is -0.507 e. The molecule has 4 aromatic rings. The van der Waals surface area contributed by atoms with Crippen LogP contribution in [0.15, 0.2) is 66.9 Å². The summed E-state index contributed by atoms with van der Waals surface area (Å²) in [6.45, 7) is 3.52. The number of hydrogen-bond donors (Lipinski definition) is 14. The van der Waals surface area contributed by atoms with Crippen molar-refractivity contribution in [1.82, 2.24) is 42.2 Å². The van der Waals surface area contributed by atoms with Gasteiger partial charge in [-0.2, -0.15) is 0 Å². The number of aromatic hydroxyl groups is 1. The summed E-state index contributed by atoms with van der Waals surface area (Å²) < 4.78 is 1.17. The average molecular weight is 1330 g/mol. The number of anilines is 1. The molecular weight excluding hydrogens is 1260 g/mol. The lowest BCUT2D eigenvalue weighted by Gasteiger charge is -2.29. The van der Waals surface area contributed by atoms with Crippen molar-refractivity contribution >= 4 is 137 Å². The highest BCUT2D eigenvalue weighted by Crippen LogP contribution is 2.26. The number of nitrogen functional groups attached to an aromatic ring is 1. The fourth-order valence-electron chi connectivity index (χ4n) is 8.07. The summed E-state index contributed by atoms with van der Waals surface area (Å²) in [6.07, 6.45) is 1.40. The van der Waals surface area contributed by atoms with Crippen LogP contribution >= 0.6 is 66.8 Å². The van der Waals surface area contributed by atoms with Gasteiger partial charge in [-0.15, -0.1) is 0 Å². The first-order valence-electron chi connectivity index (χ1n) is 24.4. The van der Waals surface area contributed by atoms with Gasteiger partial charge in [-0.05, 0) is 130 Å². The van der Waals surface area contributed by atoms with Crippen molar-refractivity contribution in [2.45, 2.75) is 107 Å². The Bertz CT molecular complexity index is 2810. The molecule has 1 fully saturated rings. The Labute approximate surface area is 479 Å². The Morgan fingerprint density at radius 2 is 1.42 bits per heavy atom. The lowest BCUT2D eigenvalue weighted by atomic mass is 10.00. The summed E-state index contributed by atoms with van der Waals surface area (Å²) in [5.74, 6) is -9.70. The van der Waals surface area contributed by atoms with E-state index < -0.39 is 114 Å². The molecule has 27 heteroatoms. The molecule has 3 aromatic carbocycles. The second kappa shape index (κ2) is 29.7. The minimum atomic E-state index is -1.69. The number of carboxylic acid groups (broad SMARTS) is 1. The van der Waals surface area contributed by atoms with Crippen molar-refractivity contribution in [2.24, 2.45) is 23.1 Å². The zero-order valence-electron chi connectivity index (χ0n) is 42.1. The number of hydrogen-bond acceptors (Lipinski definition) is 15. The third-order valence-corrected chi connectivity index (χ3v) is 16.6. The number of fused-ring (bicyclic) bond motifs is 1. The molecule has 2 heterocycles. The van der Waals surface area contributed by atoms with E-state index in [2.05, 4.69) is 42.2 Å². The number of carbonyl (C=O) groups is 9. The van der Waals surface area contributed by atoms with Crippen molar-refractivity contribution in [1.29, 1.82) is 0 Å². The van der Waals surface area contributed by atoms with E-state index in [1.807, 2.05) is 63.4 Å². The Morgan fingerprint density at radius 1 is 0.779 bits per heavy atom. The van der Waals surface area contributed by atoms with E-state index in [1.54, 1.807) is 56.4 Å². The quantitative estimate of drug-likeness (QED) is 0.0280. The number of aromatic amines is 1. The van der Waals surface area contributed by atoms with E-state index in [0.717, 1.165) is 36.1 Å². The third-order valence-electron chi connectivity index (χ3n) is 12.4. The van der Waals surface area contributed by atoms with Gasteiger partial charge >= 0.3 is 5.97 Å². The van der Waals surface area contributed by atoms with Crippen LogP contribution in [0.3, 0.4) is 0 Å². The standard InChI is InChI=1S/C50H64I2N12O11S2/c1-24(2)42-50(75)63-39(48(73)59-35(43(56)68)20-41(66)67)23-77-76-22-38(62-44(69)32(55)17-25-10-12-31(54)29(51)15-25)49(74)60-36(18-26-11-13-40(65)30(52)16-26)46(71)61-37(19-27-21-57-33-8-4-3-7-28(27)33)47(72)58-34(45(70)64-42)9-5-6-14-53/h3-4,7-8,10-13,15-16,21,24,32,34-39,42,57,65H,5-6,9,14,17-20,22-23,53-55H2,1-2H3,(H2,56,68)(H,58,72)(H,59,73)(H,60,74)(H,61,71)(H,62,69)(H,63,75)(H,64,70)(H,66,67)/t32-,34+,35+,36+,37-,38+,39+,42+/m1/s1. The number of primary amides is 1. The number of phenols is 1. The highest BCUT2D eigenvalue weighted by molar-refractivity contribution is 14.1. The van der Waals surface area contributed by atoms with Crippen LogP contribution in [0.25, 0.3) is 10.9 Å². The summed E-state index contributed by atoms with van der Waals surface area (Å²) in [5, 5.41) is 39.3. The maximum Gasteiger partial charge on any atom is 0.305 e. The number of H-pyrrole nitrogens is 1. The van der Waals surface area contributed by atoms with E-state index in [-0.39, 0.29) is 49.5 Å². The van der Waals surface area contributed by atoms with E-state index in [0.29, 0.717) is 38.8 Å².